The predicted octanol–water partition coefficient (Wildman–Crippen LogP) is 2.12. The molecule has 0 bridgehead atoms. The van der Waals surface area contributed by atoms with E-state index in [4.69, 9.17) is 23.1 Å². The zero-order valence-electron chi connectivity index (χ0n) is 11.3. The Hall–Kier alpha value is -1.26. The van der Waals surface area contributed by atoms with Crippen LogP contribution in [0.25, 0.3) is 0 Å². The highest BCUT2D eigenvalue weighted by Gasteiger charge is 2.35. The molecule has 0 radical (unpaired) electrons. The number of nitrogens with two attached hydrogens (primary N) is 2. The molecule has 1 fully saturated rings. The van der Waals surface area contributed by atoms with Gasteiger partial charge in [0, 0.05) is 24.8 Å². The second-order valence-electron chi connectivity index (χ2n) is 5.85. The standard InChI is InChI=1S/C14H20ClN3O/c1-14(2)8-18(6-5-12(14)17)13(19)10-4-3-9(16)7-11(10)15/h3-4,7,12H,5-6,8,16-17H2,1-2H3. The van der Waals surface area contributed by atoms with Crippen molar-refractivity contribution < 1.29 is 4.79 Å². The summed E-state index contributed by atoms with van der Waals surface area (Å²) in [5.41, 5.74) is 12.7. The highest BCUT2D eigenvalue weighted by Crippen LogP contribution is 2.30. The predicted molar refractivity (Wildman–Crippen MR) is 78.1 cm³/mol. The third kappa shape index (κ3) is 2.85. The summed E-state index contributed by atoms with van der Waals surface area (Å²) in [6.45, 7) is 5.49. The van der Waals surface area contributed by atoms with Gasteiger partial charge >= 0.3 is 0 Å². The lowest BCUT2D eigenvalue weighted by molar-refractivity contribution is 0.0533. The van der Waals surface area contributed by atoms with Crippen LogP contribution in [0.2, 0.25) is 5.02 Å². The van der Waals surface area contributed by atoms with Crippen LogP contribution in [0.1, 0.15) is 30.6 Å². The summed E-state index contributed by atoms with van der Waals surface area (Å²) in [6.07, 6.45) is 0.811. The number of nitrogen functional groups attached to an aromatic ring is 1. The molecule has 0 spiro atoms. The molecule has 4 N–H and O–H groups in total. The molecule has 4 nitrogen and oxygen atoms in total. The maximum Gasteiger partial charge on any atom is 0.255 e. The van der Waals surface area contributed by atoms with Gasteiger partial charge in [0.25, 0.3) is 5.91 Å². The van der Waals surface area contributed by atoms with Crippen LogP contribution in [0.15, 0.2) is 18.2 Å². The lowest BCUT2D eigenvalue weighted by Crippen LogP contribution is -2.54. The first-order valence-corrected chi connectivity index (χ1v) is 6.79. The number of carbonyl (C=O) groups excluding carboxylic acids is 1. The van der Waals surface area contributed by atoms with Crippen LogP contribution in [-0.4, -0.2) is 29.9 Å². The molecule has 1 heterocycles. The van der Waals surface area contributed by atoms with Crippen molar-refractivity contribution in [2.24, 2.45) is 11.1 Å². The average Bonchev–Trinajstić information content (AvgIpc) is 2.32. The molecule has 5 heteroatoms. The van der Waals surface area contributed by atoms with E-state index in [1.54, 1.807) is 18.2 Å². The second-order valence-corrected chi connectivity index (χ2v) is 6.26. The fraction of sp³-hybridized carbons (Fsp3) is 0.500. The smallest absolute Gasteiger partial charge is 0.255 e. The number of hydrogen-bond acceptors (Lipinski definition) is 3. The van der Waals surface area contributed by atoms with Crippen molar-refractivity contribution >= 4 is 23.2 Å². The fourth-order valence-corrected chi connectivity index (χ4v) is 2.69. The average molecular weight is 282 g/mol. The van der Waals surface area contributed by atoms with E-state index in [1.807, 2.05) is 4.90 Å². The minimum absolute atomic E-state index is 0.0509. The summed E-state index contributed by atoms with van der Waals surface area (Å²) >= 11 is 6.09. The molecule has 0 saturated carbocycles. The Morgan fingerprint density at radius 3 is 2.74 bits per heavy atom. The number of halogens is 1. The number of anilines is 1. The van der Waals surface area contributed by atoms with Gasteiger partial charge in [-0.25, -0.2) is 0 Å². The van der Waals surface area contributed by atoms with E-state index in [9.17, 15) is 4.79 Å². The number of piperidine rings is 1. The highest BCUT2D eigenvalue weighted by molar-refractivity contribution is 6.34. The zero-order chi connectivity index (χ0) is 14.2. The van der Waals surface area contributed by atoms with Crippen LogP contribution >= 0.6 is 11.6 Å². The Balaban J connectivity index is 2.21. The molecule has 1 aromatic carbocycles. The topological polar surface area (TPSA) is 72.3 Å². The summed E-state index contributed by atoms with van der Waals surface area (Å²) in [4.78, 5) is 14.3. The molecule has 2 rings (SSSR count). The van der Waals surface area contributed by atoms with Crippen LogP contribution < -0.4 is 11.5 Å². The Morgan fingerprint density at radius 2 is 2.16 bits per heavy atom. The number of nitrogens with zero attached hydrogens (tertiary/aromatic N) is 1. The van der Waals surface area contributed by atoms with E-state index in [2.05, 4.69) is 13.8 Å². The van der Waals surface area contributed by atoms with Gasteiger partial charge in [-0.2, -0.15) is 0 Å². The summed E-state index contributed by atoms with van der Waals surface area (Å²) in [7, 11) is 0. The van der Waals surface area contributed by atoms with Crippen LogP contribution in [0.4, 0.5) is 5.69 Å². The molecule has 104 valence electrons. The van der Waals surface area contributed by atoms with Crippen LogP contribution in [0.3, 0.4) is 0 Å². The molecule has 0 aromatic heterocycles. The van der Waals surface area contributed by atoms with E-state index in [1.165, 1.54) is 0 Å². The van der Waals surface area contributed by atoms with Crippen molar-refractivity contribution in [3.05, 3.63) is 28.8 Å². The third-order valence-electron chi connectivity index (χ3n) is 3.82. The SMILES string of the molecule is CC1(C)CN(C(=O)c2ccc(N)cc2Cl)CCC1N. The number of amides is 1. The Labute approximate surface area is 118 Å². The summed E-state index contributed by atoms with van der Waals surface area (Å²) in [6, 6.07) is 5.11. The Bertz CT molecular complexity index is 501. The van der Waals surface area contributed by atoms with Gasteiger partial charge in [0.1, 0.15) is 0 Å². The van der Waals surface area contributed by atoms with Crippen molar-refractivity contribution in [2.75, 3.05) is 18.8 Å². The van der Waals surface area contributed by atoms with E-state index < -0.39 is 0 Å². The minimum Gasteiger partial charge on any atom is -0.399 e. The molecular weight excluding hydrogens is 262 g/mol. The van der Waals surface area contributed by atoms with Gasteiger partial charge < -0.3 is 16.4 Å². The Kier molecular flexibility index (Phi) is 3.74. The largest absolute Gasteiger partial charge is 0.399 e. The molecule has 1 aromatic rings. The Morgan fingerprint density at radius 1 is 1.47 bits per heavy atom. The molecule has 0 aliphatic carbocycles. The molecule has 1 aliphatic rings. The maximum atomic E-state index is 12.5. The van der Waals surface area contributed by atoms with E-state index in [0.717, 1.165) is 6.42 Å². The first-order chi connectivity index (χ1) is 8.81. The third-order valence-corrected chi connectivity index (χ3v) is 4.14. The number of rotatable bonds is 1. The first-order valence-electron chi connectivity index (χ1n) is 6.41. The van der Waals surface area contributed by atoms with Gasteiger partial charge in [0.05, 0.1) is 10.6 Å². The van der Waals surface area contributed by atoms with Gasteiger partial charge in [-0.3, -0.25) is 4.79 Å². The maximum absolute atomic E-state index is 12.5. The number of hydrogen-bond donors (Lipinski definition) is 2. The molecule has 1 atom stereocenters. The molecule has 1 amide bonds. The fourth-order valence-electron chi connectivity index (χ4n) is 2.42. The van der Waals surface area contributed by atoms with E-state index in [0.29, 0.717) is 29.4 Å². The highest BCUT2D eigenvalue weighted by atomic mass is 35.5. The minimum atomic E-state index is -0.0752. The van der Waals surface area contributed by atoms with Crippen LogP contribution in [-0.2, 0) is 0 Å². The monoisotopic (exact) mass is 281 g/mol. The van der Waals surface area contributed by atoms with Gasteiger partial charge in [-0.15, -0.1) is 0 Å². The molecule has 1 saturated heterocycles. The van der Waals surface area contributed by atoms with Gasteiger partial charge in [-0.1, -0.05) is 25.4 Å². The van der Waals surface area contributed by atoms with E-state index in [-0.39, 0.29) is 17.4 Å². The lowest BCUT2D eigenvalue weighted by Gasteiger charge is -2.42. The summed E-state index contributed by atoms with van der Waals surface area (Å²) in [5, 5.41) is 0.401. The number of carbonyl (C=O) groups is 1. The zero-order valence-corrected chi connectivity index (χ0v) is 12.1. The summed E-state index contributed by atoms with van der Waals surface area (Å²) in [5.74, 6) is -0.0509. The van der Waals surface area contributed by atoms with E-state index >= 15 is 0 Å². The van der Waals surface area contributed by atoms with Gasteiger partial charge in [0.2, 0.25) is 0 Å². The van der Waals surface area contributed by atoms with Crippen molar-refractivity contribution in [3.8, 4) is 0 Å². The van der Waals surface area contributed by atoms with Crippen molar-refractivity contribution in [1.82, 2.24) is 4.90 Å². The van der Waals surface area contributed by atoms with Crippen LogP contribution in [0, 0.1) is 5.41 Å². The first kappa shape index (κ1) is 14.2. The van der Waals surface area contributed by atoms with Crippen molar-refractivity contribution in [1.29, 1.82) is 0 Å². The lowest BCUT2D eigenvalue weighted by atomic mass is 9.79. The normalized spacial score (nSPS) is 22.3. The molecule has 1 unspecified atom stereocenters. The quantitative estimate of drug-likeness (QED) is 0.775. The van der Waals surface area contributed by atoms with Gasteiger partial charge in [-0.05, 0) is 30.0 Å². The van der Waals surface area contributed by atoms with Gasteiger partial charge in [0.15, 0.2) is 0 Å². The second kappa shape index (κ2) is 5.02. The molecular formula is C14H20ClN3O. The number of likely N-dealkylation sites (tertiary alicyclic amines) is 1. The summed E-state index contributed by atoms with van der Waals surface area (Å²) < 4.78 is 0. The van der Waals surface area contributed by atoms with Crippen molar-refractivity contribution in [3.63, 3.8) is 0 Å². The van der Waals surface area contributed by atoms with Crippen molar-refractivity contribution in [2.45, 2.75) is 26.3 Å². The molecule has 1 aliphatic heterocycles. The molecule has 19 heavy (non-hydrogen) atoms. The number of benzene rings is 1. The van der Waals surface area contributed by atoms with Crippen LogP contribution in [0.5, 0.6) is 0 Å².